The molecule has 1 fully saturated rings. The Balaban J connectivity index is 0.963. The zero-order valence-electron chi connectivity index (χ0n) is 39.8. The number of rotatable bonds is 20. The predicted molar refractivity (Wildman–Crippen MR) is 263 cm³/mol. The number of ether oxygens (including phenoxy) is 1. The summed E-state index contributed by atoms with van der Waals surface area (Å²) < 4.78 is 74.0. The lowest BCUT2D eigenvalue weighted by Gasteiger charge is -2.35. The summed E-state index contributed by atoms with van der Waals surface area (Å²) in [6.45, 7) is 9.30. The molecule has 0 radical (unpaired) electrons. The molecule has 6 aromatic rings. The Morgan fingerprint density at radius 1 is 1.03 bits per heavy atom. The molecule has 3 aromatic heterocycles. The Morgan fingerprint density at radius 2 is 1.74 bits per heavy atom. The molecular formula is C48H54F3N11O8S2. The first-order valence-corrected chi connectivity index (χ1v) is 25.1. The number of aromatic nitrogens is 5. The number of nitrogens with zero attached hydrogens (tertiary/aromatic N) is 5. The van der Waals surface area contributed by atoms with Crippen LogP contribution in [0.4, 0.5) is 30.5 Å². The fraction of sp³-hybridized carbons (Fsp3) is 0.354. The van der Waals surface area contributed by atoms with Gasteiger partial charge in [-0.1, -0.05) is 63.2 Å². The average molecular weight is 1030 g/mol. The third kappa shape index (κ3) is 12.6. The number of sulfonamides is 1. The maximum absolute atomic E-state index is 14.1. The van der Waals surface area contributed by atoms with Gasteiger partial charge in [-0.15, -0.1) is 11.3 Å². The highest BCUT2D eigenvalue weighted by atomic mass is 32.2. The Kier molecular flexibility index (Phi) is 16.0. The Labute approximate surface area is 416 Å². The van der Waals surface area contributed by atoms with Crippen LogP contribution in [0.5, 0.6) is 5.75 Å². The molecule has 24 heteroatoms. The number of halogens is 3. The van der Waals surface area contributed by atoms with Crippen LogP contribution in [0, 0.1) is 18.2 Å². The SMILES string of the molecule is Cc1ncsc1-c1ccc(CNC(=O)[C@@H]2C[C@@H](O)CN2C(=O)[C@@H](NC(=O)CCCn2ccc(Nc3n[nH]c(-c4ccc(NS(=O)(=O)C(F)F)c(O[C@@H](C)c5ccc(F)cc5)c4)c3C(N)=O)n2)C(C)(C)C)cc1. The van der Waals surface area contributed by atoms with E-state index >= 15 is 0 Å². The summed E-state index contributed by atoms with van der Waals surface area (Å²) in [5.41, 5.74) is 9.89. The Morgan fingerprint density at radius 3 is 2.39 bits per heavy atom. The molecule has 0 aliphatic carbocycles. The van der Waals surface area contributed by atoms with Crippen molar-refractivity contribution in [2.45, 2.75) is 97.0 Å². The van der Waals surface area contributed by atoms with Gasteiger partial charge in [0.05, 0.1) is 33.6 Å². The zero-order chi connectivity index (χ0) is 52.1. The number of hydrogen-bond donors (Lipinski definition) is 7. The molecule has 3 aromatic carbocycles. The number of anilines is 3. The van der Waals surface area contributed by atoms with Crippen LogP contribution < -0.4 is 31.1 Å². The number of likely N-dealkylation sites (tertiary alicyclic amines) is 1. The van der Waals surface area contributed by atoms with Gasteiger partial charge in [-0.2, -0.15) is 19.0 Å². The van der Waals surface area contributed by atoms with Gasteiger partial charge in [0.2, 0.25) is 17.7 Å². The van der Waals surface area contributed by atoms with Crippen LogP contribution in [-0.2, 0) is 37.5 Å². The molecule has 19 nitrogen and oxygen atoms in total. The van der Waals surface area contributed by atoms with Crippen molar-refractivity contribution >= 4 is 62.3 Å². The van der Waals surface area contributed by atoms with E-state index in [9.17, 15) is 45.9 Å². The number of primary amides is 1. The molecule has 0 spiro atoms. The Bertz CT molecular complexity index is 3030. The van der Waals surface area contributed by atoms with Crippen LogP contribution in [-0.4, -0.2) is 97.5 Å². The van der Waals surface area contributed by atoms with Crippen molar-refractivity contribution < 1.29 is 50.6 Å². The van der Waals surface area contributed by atoms with E-state index in [1.165, 1.54) is 46.0 Å². The van der Waals surface area contributed by atoms with Gasteiger partial charge in [-0.3, -0.25) is 33.7 Å². The maximum Gasteiger partial charge on any atom is 0.355 e. The molecule has 382 valence electrons. The number of nitrogens with one attached hydrogen (secondary N) is 5. The van der Waals surface area contributed by atoms with Crippen molar-refractivity contribution in [3.8, 4) is 27.4 Å². The highest BCUT2D eigenvalue weighted by molar-refractivity contribution is 7.93. The molecular weight excluding hydrogens is 980 g/mol. The normalized spacial score (nSPS) is 15.8. The summed E-state index contributed by atoms with van der Waals surface area (Å²) >= 11 is 1.54. The van der Waals surface area contributed by atoms with E-state index in [-0.39, 0.29) is 72.4 Å². The number of hydrogen-bond acceptors (Lipinski definition) is 13. The van der Waals surface area contributed by atoms with Crippen molar-refractivity contribution in [3.63, 3.8) is 0 Å². The number of nitrogens with two attached hydrogens (primary N) is 1. The zero-order valence-corrected chi connectivity index (χ0v) is 41.4. The van der Waals surface area contributed by atoms with E-state index in [0.29, 0.717) is 12.0 Å². The number of aliphatic hydroxyl groups is 1. The molecule has 7 rings (SSSR count). The predicted octanol–water partition coefficient (Wildman–Crippen LogP) is 6.38. The summed E-state index contributed by atoms with van der Waals surface area (Å²) in [4.78, 5) is 60.6. The third-order valence-electron chi connectivity index (χ3n) is 11.8. The summed E-state index contributed by atoms with van der Waals surface area (Å²) in [6.07, 6.45) is 0.201. The molecule has 0 unspecified atom stereocenters. The van der Waals surface area contributed by atoms with E-state index in [4.69, 9.17) is 10.5 Å². The number of aromatic amines is 1. The number of β-amino-alcohol motifs (C(OH)–C–C–N with tert-alkyl or cyclic N) is 1. The number of amides is 4. The number of alkyl halides is 2. The van der Waals surface area contributed by atoms with Crippen LogP contribution in [0.3, 0.4) is 0 Å². The van der Waals surface area contributed by atoms with Gasteiger partial charge in [0, 0.05) is 50.3 Å². The van der Waals surface area contributed by atoms with Crippen molar-refractivity contribution in [2.24, 2.45) is 11.1 Å². The van der Waals surface area contributed by atoms with Crippen molar-refractivity contribution in [1.29, 1.82) is 0 Å². The van der Waals surface area contributed by atoms with Gasteiger partial charge < -0.3 is 36.4 Å². The van der Waals surface area contributed by atoms with E-state index in [0.717, 1.165) is 27.8 Å². The second-order valence-corrected chi connectivity index (χ2v) is 20.8. The molecule has 72 heavy (non-hydrogen) atoms. The molecule has 0 saturated carbocycles. The second-order valence-electron chi connectivity index (χ2n) is 18.3. The number of H-pyrrole nitrogens is 1. The molecule has 8 N–H and O–H groups in total. The molecule has 1 saturated heterocycles. The average Bonchev–Trinajstić information content (AvgIpc) is 4.15. The molecule has 0 bridgehead atoms. The number of carbonyl (C=O) groups is 4. The van der Waals surface area contributed by atoms with E-state index in [2.05, 4.69) is 36.2 Å². The standard InChI is InChI=1S/C48H54F3N11O8S2/c1-26-41(71-25-54-26)30-10-8-28(9-11-30)23-53-45(66)35-22-33(63)24-62(35)46(67)42(48(3,4)5)56-38(64)7-6-19-61-20-18-37(59-61)55-44-39(43(52)65)40(57-58-44)31-14-17-34(60-72(68,69)47(50)51)36(21-31)70-27(2)29-12-15-32(49)16-13-29/h8-18,20-21,25,27,33,35,42,47,60,63H,6-7,19,22-24H2,1-5H3,(H2,52,65)(H,53,66)(H,56,64)(H2,55,57,58,59)/t27-,33+,35-,42+/m0/s1. The van der Waals surface area contributed by atoms with Gasteiger partial charge >= 0.3 is 5.76 Å². The van der Waals surface area contributed by atoms with Crippen LogP contribution in [0.15, 0.2) is 84.5 Å². The first-order valence-electron chi connectivity index (χ1n) is 22.7. The minimum atomic E-state index is -5.13. The molecule has 1 aliphatic rings. The van der Waals surface area contributed by atoms with Crippen LogP contribution >= 0.6 is 11.3 Å². The third-order valence-corrected chi connectivity index (χ3v) is 13.8. The highest BCUT2D eigenvalue weighted by Gasteiger charge is 2.44. The van der Waals surface area contributed by atoms with E-state index < -0.39 is 74.9 Å². The van der Waals surface area contributed by atoms with Crippen LogP contribution in [0.1, 0.15) is 80.2 Å². The van der Waals surface area contributed by atoms with Crippen molar-refractivity contribution in [2.75, 3.05) is 16.6 Å². The fourth-order valence-electron chi connectivity index (χ4n) is 8.02. The van der Waals surface area contributed by atoms with Crippen LogP contribution in [0.25, 0.3) is 21.7 Å². The maximum atomic E-state index is 14.1. The molecule has 4 heterocycles. The highest BCUT2D eigenvalue weighted by Crippen LogP contribution is 2.37. The first-order chi connectivity index (χ1) is 34.1. The monoisotopic (exact) mass is 1030 g/mol. The summed E-state index contributed by atoms with van der Waals surface area (Å²) in [7, 11) is -5.13. The van der Waals surface area contributed by atoms with Gasteiger partial charge in [0.1, 0.15) is 35.3 Å². The first kappa shape index (κ1) is 52.5. The number of carbonyl (C=O) groups excluding carboxylic acids is 4. The molecule has 4 atom stereocenters. The van der Waals surface area contributed by atoms with Gasteiger partial charge in [-0.25, -0.2) is 17.8 Å². The van der Waals surface area contributed by atoms with E-state index in [1.807, 2.05) is 35.9 Å². The van der Waals surface area contributed by atoms with Crippen molar-refractivity contribution in [3.05, 3.63) is 113 Å². The number of benzene rings is 3. The Hall–Kier alpha value is -7.31. The summed E-state index contributed by atoms with van der Waals surface area (Å²) in [6, 6.07) is 16.4. The lowest BCUT2D eigenvalue weighted by molar-refractivity contribution is -0.144. The largest absolute Gasteiger partial charge is 0.484 e. The lowest BCUT2D eigenvalue weighted by atomic mass is 9.85. The summed E-state index contributed by atoms with van der Waals surface area (Å²) in [5, 5.41) is 30.7. The smallest absolute Gasteiger partial charge is 0.355 e. The fourth-order valence-corrected chi connectivity index (χ4v) is 9.40. The topological polar surface area (TPSA) is 269 Å². The number of aryl methyl sites for hydroxylation is 2. The van der Waals surface area contributed by atoms with Gasteiger partial charge in [-0.05, 0) is 66.6 Å². The molecule has 1 aliphatic heterocycles. The van der Waals surface area contributed by atoms with Crippen LogP contribution in [0.2, 0.25) is 0 Å². The minimum absolute atomic E-state index is 0.00167. The number of thiazole rings is 1. The summed E-state index contributed by atoms with van der Waals surface area (Å²) in [5.74, 6) is -6.54. The van der Waals surface area contributed by atoms with Gasteiger partial charge in [0.15, 0.2) is 11.6 Å². The second kappa shape index (κ2) is 22.0. The minimum Gasteiger partial charge on any atom is -0.484 e. The quantitative estimate of drug-likeness (QED) is 0.0439. The van der Waals surface area contributed by atoms with Gasteiger partial charge in [0.25, 0.3) is 15.9 Å². The molecule has 4 amide bonds. The lowest BCUT2D eigenvalue weighted by Crippen LogP contribution is -2.57. The van der Waals surface area contributed by atoms with Crippen molar-refractivity contribution in [1.82, 2.24) is 40.5 Å². The van der Waals surface area contributed by atoms with E-state index in [1.54, 1.807) is 56.8 Å². The number of aliphatic hydroxyl groups excluding tert-OH is 1.